The van der Waals surface area contributed by atoms with Gasteiger partial charge in [-0.15, -0.1) is 0 Å². The number of unbranched alkanes of at least 4 members (excludes halogenated alkanes) is 8. The zero-order valence-electron chi connectivity index (χ0n) is 20.1. The molecular weight excluding hydrogens is 395 g/mol. The van der Waals surface area contributed by atoms with Crippen LogP contribution in [0.15, 0.2) is 54.6 Å². The van der Waals surface area contributed by atoms with E-state index < -0.39 is 6.36 Å². The molecule has 174 valence electrons. The number of fused-ring (bicyclic) bond motifs is 3. The van der Waals surface area contributed by atoms with Crippen LogP contribution in [-0.4, -0.2) is 6.36 Å². The van der Waals surface area contributed by atoms with Crippen molar-refractivity contribution in [3.63, 3.8) is 0 Å². The Morgan fingerprint density at radius 3 is 2.00 bits per heavy atom. The first-order valence-electron chi connectivity index (χ1n) is 12.9. The molecule has 3 rings (SSSR count). The second-order valence-electron chi connectivity index (χ2n) is 9.30. The minimum Gasteiger partial charge on any atom is -0.460 e. The summed E-state index contributed by atoms with van der Waals surface area (Å²) in [6.45, 7) is 4.46. The van der Waals surface area contributed by atoms with E-state index in [2.05, 4.69) is 56.3 Å². The first-order valence-corrected chi connectivity index (χ1v) is 12.9. The zero-order valence-corrected chi connectivity index (χ0v) is 20.1. The lowest BCUT2D eigenvalue weighted by molar-refractivity contribution is 0.00333. The second-order valence-corrected chi connectivity index (χ2v) is 9.30. The van der Waals surface area contributed by atoms with E-state index >= 15 is 4.39 Å². The van der Waals surface area contributed by atoms with Crippen molar-refractivity contribution >= 4 is 21.5 Å². The zero-order chi connectivity index (χ0) is 22.6. The fraction of sp³-hybridized carbons (Fsp3) is 0.533. The summed E-state index contributed by atoms with van der Waals surface area (Å²) in [6, 6.07) is 18.6. The molecule has 0 spiro atoms. The van der Waals surface area contributed by atoms with Gasteiger partial charge >= 0.3 is 0 Å². The Morgan fingerprint density at radius 1 is 0.656 bits per heavy atom. The van der Waals surface area contributed by atoms with Crippen molar-refractivity contribution in [3.8, 4) is 5.75 Å². The van der Waals surface area contributed by atoms with Gasteiger partial charge in [-0.25, -0.2) is 4.39 Å². The van der Waals surface area contributed by atoms with E-state index in [1.165, 1.54) is 67.5 Å². The van der Waals surface area contributed by atoms with E-state index in [-0.39, 0.29) is 5.92 Å². The molecule has 3 aromatic carbocycles. The van der Waals surface area contributed by atoms with Crippen molar-refractivity contribution in [2.75, 3.05) is 0 Å². The van der Waals surface area contributed by atoms with Crippen LogP contribution in [0.4, 0.5) is 4.39 Å². The number of benzene rings is 3. The molecule has 32 heavy (non-hydrogen) atoms. The monoisotopic (exact) mass is 436 g/mol. The number of alkyl halides is 1. The van der Waals surface area contributed by atoms with Crippen LogP contribution < -0.4 is 4.74 Å². The highest BCUT2D eigenvalue weighted by molar-refractivity contribution is 6.07. The lowest BCUT2D eigenvalue weighted by Crippen LogP contribution is -2.22. The van der Waals surface area contributed by atoms with E-state index in [0.29, 0.717) is 5.75 Å². The summed E-state index contributed by atoms with van der Waals surface area (Å²) >= 11 is 0. The molecule has 0 radical (unpaired) electrons. The van der Waals surface area contributed by atoms with Gasteiger partial charge in [-0.05, 0) is 46.5 Å². The van der Waals surface area contributed by atoms with Gasteiger partial charge < -0.3 is 4.74 Å². The van der Waals surface area contributed by atoms with E-state index in [1.807, 2.05) is 12.1 Å². The Balaban J connectivity index is 1.62. The molecular formula is C30H41FO. The summed E-state index contributed by atoms with van der Waals surface area (Å²) in [4.78, 5) is 0. The molecule has 0 amide bonds. The average Bonchev–Trinajstić information content (AvgIpc) is 2.82. The van der Waals surface area contributed by atoms with Crippen LogP contribution in [-0.2, 0) is 0 Å². The molecule has 0 aliphatic heterocycles. The van der Waals surface area contributed by atoms with Crippen LogP contribution in [0, 0.1) is 5.92 Å². The smallest absolute Gasteiger partial charge is 0.241 e. The maximum Gasteiger partial charge on any atom is 0.241 e. The highest BCUT2D eigenvalue weighted by atomic mass is 19.1. The lowest BCUT2D eigenvalue weighted by atomic mass is 9.94. The third kappa shape index (κ3) is 7.22. The molecule has 0 heterocycles. The molecule has 0 aliphatic carbocycles. The van der Waals surface area contributed by atoms with Crippen LogP contribution >= 0.6 is 0 Å². The molecule has 2 heteroatoms. The SMILES string of the molecule is CCCCCCCCC(CCCCCC)C(F)Oc1ccc2c(ccc3ccccc32)c1. The van der Waals surface area contributed by atoms with Crippen LogP contribution in [0.3, 0.4) is 0 Å². The molecule has 2 atom stereocenters. The predicted octanol–water partition coefficient (Wildman–Crippen LogP) is 10.0. The quantitative estimate of drug-likeness (QED) is 0.170. The minimum atomic E-state index is -1.23. The molecule has 3 aromatic rings. The third-order valence-corrected chi connectivity index (χ3v) is 6.69. The fourth-order valence-electron chi connectivity index (χ4n) is 4.72. The summed E-state index contributed by atoms with van der Waals surface area (Å²) < 4.78 is 21.2. The molecule has 0 aliphatic rings. The fourth-order valence-corrected chi connectivity index (χ4v) is 4.72. The van der Waals surface area contributed by atoms with E-state index in [1.54, 1.807) is 0 Å². The molecule has 0 aromatic heterocycles. The Morgan fingerprint density at radius 2 is 1.25 bits per heavy atom. The van der Waals surface area contributed by atoms with E-state index in [0.717, 1.165) is 31.1 Å². The first-order chi connectivity index (χ1) is 15.7. The van der Waals surface area contributed by atoms with Crippen molar-refractivity contribution in [1.29, 1.82) is 0 Å². The van der Waals surface area contributed by atoms with E-state index in [9.17, 15) is 0 Å². The standard InChI is InChI=1S/C30H41FO/c1-3-5-7-9-10-12-17-25(16-11-8-6-4-2)30(31)32-27-21-22-29-26(23-27)20-19-24-15-13-14-18-28(24)29/h13-15,18-23,25,30H,3-12,16-17H2,1-2H3. The van der Waals surface area contributed by atoms with Gasteiger partial charge in [0, 0.05) is 5.92 Å². The van der Waals surface area contributed by atoms with Gasteiger partial charge in [0.2, 0.25) is 6.36 Å². The normalized spacial score (nSPS) is 13.5. The molecule has 1 nitrogen and oxygen atoms in total. The summed E-state index contributed by atoms with van der Waals surface area (Å²) in [6.07, 6.45) is 12.8. The van der Waals surface area contributed by atoms with Crippen LogP contribution in [0.2, 0.25) is 0 Å². The summed E-state index contributed by atoms with van der Waals surface area (Å²) in [5.74, 6) is 0.632. The largest absolute Gasteiger partial charge is 0.460 e. The third-order valence-electron chi connectivity index (χ3n) is 6.69. The Bertz CT molecular complexity index is 934. The van der Waals surface area contributed by atoms with Gasteiger partial charge in [-0.1, -0.05) is 121 Å². The van der Waals surface area contributed by atoms with Gasteiger partial charge in [0.05, 0.1) is 0 Å². The molecule has 0 saturated heterocycles. The van der Waals surface area contributed by atoms with Crippen LogP contribution in [0.5, 0.6) is 5.75 Å². The first kappa shape index (κ1) is 24.6. The van der Waals surface area contributed by atoms with Crippen molar-refractivity contribution in [3.05, 3.63) is 54.6 Å². The van der Waals surface area contributed by atoms with Gasteiger partial charge in [0.25, 0.3) is 0 Å². The highest BCUT2D eigenvalue weighted by Crippen LogP contribution is 2.31. The molecule has 0 N–H and O–H groups in total. The average molecular weight is 437 g/mol. The van der Waals surface area contributed by atoms with Crippen molar-refractivity contribution in [2.24, 2.45) is 5.92 Å². The minimum absolute atomic E-state index is 0.00895. The van der Waals surface area contributed by atoms with Crippen LogP contribution in [0.1, 0.15) is 90.9 Å². The maximum absolute atomic E-state index is 15.3. The van der Waals surface area contributed by atoms with Gasteiger partial charge in [0.15, 0.2) is 0 Å². The van der Waals surface area contributed by atoms with Gasteiger partial charge in [0.1, 0.15) is 5.75 Å². The van der Waals surface area contributed by atoms with Crippen molar-refractivity contribution < 1.29 is 9.13 Å². The summed E-state index contributed by atoms with van der Waals surface area (Å²) in [5.41, 5.74) is 0. The topological polar surface area (TPSA) is 9.23 Å². The van der Waals surface area contributed by atoms with Crippen LogP contribution in [0.25, 0.3) is 21.5 Å². The van der Waals surface area contributed by atoms with Gasteiger partial charge in [-0.2, -0.15) is 0 Å². The van der Waals surface area contributed by atoms with Gasteiger partial charge in [-0.3, -0.25) is 0 Å². The number of hydrogen-bond donors (Lipinski definition) is 0. The number of hydrogen-bond acceptors (Lipinski definition) is 1. The second kappa shape index (κ2) is 13.5. The van der Waals surface area contributed by atoms with E-state index in [4.69, 9.17) is 4.74 Å². The number of halogens is 1. The number of rotatable bonds is 15. The molecule has 0 bridgehead atoms. The number of ether oxygens (including phenoxy) is 1. The Kier molecular flexibility index (Phi) is 10.3. The molecule has 2 unspecified atom stereocenters. The lowest BCUT2D eigenvalue weighted by Gasteiger charge is -2.22. The highest BCUT2D eigenvalue weighted by Gasteiger charge is 2.22. The predicted molar refractivity (Wildman–Crippen MR) is 137 cm³/mol. The Labute approximate surface area is 194 Å². The summed E-state index contributed by atoms with van der Waals surface area (Å²) in [5, 5.41) is 4.74. The van der Waals surface area contributed by atoms with Crippen molar-refractivity contribution in [2.45, 2.75) is 97.3 Å². The molecule has 0 saturated carbocycles. The van der Waals surface area contributed by atoms with Crippen molar-refractivity contribution in [1.82, 2.24) is 0 Å². The maximum atomic E-state index is 15.3. The Hall–Kier alpha value is -2.09. The molecule has 0 fully saturated rings. The summed E-state index contributed by atoms with van der Waals surface area (Å²) in [7, 11) is 0.